The Morgan fingerprint density at radius 1 is 1.26 bits per heavy atom. The third-order valence-electron chi connectivity index (χ3n) is 2.85. The van der Waals surface area contributed by atoms with Crippen LogP contribution in [-0.2, 0) is 19.4 Å². The van der Waals surface area contributed by atoms with Crippen molar-refractivity contribution in [3.05, 3.63) is 28.7 Å². The SMILES string of the molecule is O=C(CS(=O)(=O)c1ccccc1Br)N1CCOCC1. The van der Waals surface area contributed by atoms with Crippen LogP contribution in [-0.4, -0.2) is 51.3 Å². The molecule has 0 aromatic heterocycles. The third-order valence-corrected chi connectivity index (χ3v) is 5.46. The van der Waals surface area contributed by atoms with Gasteiger partial charge in [0.2, 0.25) is 5.91 Å². The van der Waals surface area contributed by atoms with Gasteiger partial charge in [0, 0.05) is 17.6 Å². The molecule has 1 aromatic carbocycles. The number of hydrogen-bond acceptors (Lipinski definition) is 4. The highest BCUT2D eigenvalue weighted by Crippen LogP contribution is 2.22. The Labute approximate surface area is 120 Å². The van der Waals surface area contributed by atoms with Crippen molar-refractivity contribution in [2.75, 3.05) is 32.1 Å². The van der Waals surface area contributed by atoms with Crippen LogP contribution in [0.1, 0.15) is 0 Å². The van der Waals surface area contributed by atoms with Crippen molar-refractivity contribution in [1.29, 1.82) is 0 Å². The van der Waals surface area contributed by atoms with E-state index in [1.807, 2.05) is 0 Å². The minimum Gasteiger partial charge on any atom is -0.378 e. The highest BCUT2D eigenvalue weighted by molar-refractivity contribution is 9.10. The number of hydrogen-bond donors (Lipinski definition) is 0. The average molecular weight is 348 g/mol. The van der Waals surface area contributed by atoms with Crippen LogP contribution in [0.3, 0.4) is 0 Å². The van der Waals surface area contributed by atoms with Crippen LogP contribution in [0, 0.1) is 0 Å². The summed E-state index contributed by atoms with van der Waals surface area (Å²) in [6.07, 6.45) is 0. The molecule has 0 unspecified atom stereocenters. The number of carbonyl (C=O) groups excluding carboxylic acids is 1. The molecular weight excluding hydrogens is 334 g/mol. The number of rotatable bonds is 3. The summed E-state index contributed by atoms with van der Waals surface area (Å²) >= 11 is 3.19. The zero-order valence-electron chi connectivity index (χ0n) is 10.2. The number of morpholine rings is 1. The number of amides is 1. The van der Waals surface area contributed by atoms with Gasteiger partial charge in [0.25, 0.3) is 0 Å². The molecule has 0 atom stereocenters. The molecule has 1 amide bonds. The van der Waals surface area contributed by atoms with E-state index in [0.717, 1.165) is 0 Å². The van der Waals surface area contributed by atoms with Crippen molar-refractivity contribution in [3.63, 3.8) is 0 Å². The van der Waals surface area contributed by atoms with E-state index < -0.39 is 15.6 Å². The number of ether oxygens (including phenoxy) is 1. The molecule has 7 heteroatoms. The molecule has 1 heterocycles. The maximum atomic E-state index is 12.2. The lowest BCUT2D eigenvalue weighted by Gasteiger charge is -2.26. The highest BCUT2D eigenvalue weighted by atomic mass is 79.9. The first-order valence-corrected chi connectivity index (χ1v) is 8.28. The zero-order chi connectivity index (χ0) is 13.9. The summed E-state index contributed by atoms with van der Waals surface area (Å²) in [6.45, 7) is 1.82. The minimum atomic E-state index is -3.62. The molecule has 1 saturated heterocycles. The summed E-state index contributed by atoms with van der Waals surface area (Å²) in [7, 11) is -3.62. The van der Waals surface area contributed by atoms with Crippen molar-refractivity contribution in [2.24, 2.45) is 0 Å². The van der Waals surface area contributed by atoms with E-state index in [-0.39, 0.29) is 10.8 Å². The van der Waals surface area contributed by atoms with Crippen molar-refractivity contribution in [2.45, 2.75) is 4.90 Å². The summed E-state index contributed by atoms with van der Waals surface area (Å²) in [4.78, 5) is 13.6. The van der Waals surface area contributed by atoms with Gasteiger partial charge in [-0.2, -0.15) is 0 Å². The Balaban J connectivity index is 2.13. The van der Waals surface area contributed by atoms with E-state index in [0.29, 0.717) is 30.8 Å². The maximum absolute atomic E-state index is 12.2. The molecular formula is C12H14BrNO4S. The highest BCUT2D eigenvalue weighted by Gasteiger charge is 2.25. The first-order chi connectivity index (χ1) is 9.00. The molecule has 0 bridgehead atoms. The van der Waals surface area contributed by atoms with Crippen LogP contribution in [0.5, 0.6) is 0 Å². The predicted octanol–water partition coefficient (Wildman–Crippen LogP) is 1.08. The van der Waals surface area contributed by atoms with Crippen LogP contribution in [0.15, 0.2) is 33.6 Å². The molecule has 0 N–H and O–H groups in total. The fraction of sp³-hybridized carbons (Fsp3) is 0.417. The molecule has 0 radical (unpaired) electrons. The summed E-state index contributed by atoms with van der Waals surface area (Å²) in [5.41, 5.74) is 0. The lowest BCUT2D eigenvalue weighted by atomic mass is 10.4. The van der Waals surface area contributed by atoms with Crippen LogP contribution in [0.2, 0.25) is 0 Å². The Kier molecular flexibility index (Phi) is 4.59. The van der Waals surface area contributed by atoms with Crippen molar-refractivity contribution in [3.8, 4) is 0 Å². The van der Waals surface area contributed by atoms with Crippen LogP contribution < -0.4 is 0 Å². The Hall–Kier alpha value is -0.920. The van der Waals surface area contributed by atoms with Gasteiger partial charge in [-0.15, -0.1) is 0 Å². The first-order valence-electron chi connectivity index (χ1n) is 5.83. The predicted molar refractivity (Wildman–Crippen MR) is 73.6 cm³/mol. The zero-order valence-corrected chi connectivity index (χ0v) is 12.6. The lowest BCUT2D eigenvalue weighted by molar-refractivity contribution is -0.132. The first kappa shape index (κ1) is 14.5. The summed E-state index contributed by atoms with van der Waals surface area (Å²) < 4.78 is 30.0. The van der Waals surface area contributed by atoms with Crippen LogP contribution >= 0.6 is 15.9 Å². The van der Waals surface area contributed by atoms with Crippen LogP contribution in [0.4, 0.5) is 0 Å². The molecule has 1 aliphatic heterocycles. The quantitative estimate of drug-likeness (QED) is 0.820. The molecule has 19 heavy (non-hydrogen) atoms. The van der Waals surface area contributed by atoms with Gasteiger partial charge >= 0.3 is 0 Å². The molecule has 1 aromatic rings. The lowest BCUT2D eigenvalue weighted by Crippen LogP contribution is -2.43. The van der Waals surface area contributed by atoms with Gasteiger partial charge in [-0.05, 0) is 28.1 Å². The van der Waals surface area contributed by atoms with Crippen molar-refractivity contribution < 1.29 is 17.9 Å². The smallest absolute Gasteiger partial charge is 0.238 e. The fourth-order valence-corrected chi connectivity index (χ4v) is 4.18. The van der Waals surface area contributed by atoms with Gasteiger partial charge in [-0.1, -0.05) is 12.1 Å². The van der Waals surface area contributed by atoms with Gasteiger partial charge in [0.15, 0.2) is 9.84 Å². The fourth-order valence-electron chi connectivity index (χ4n) is 1.84. The monoisotopic (exact) mass is 347 g/mol. The van der Waals surface area contributed by atoms with Gasteiger partial charge in [-0.25, -0.2) is 8.42 Å². The van der Waals surface area contributed by atoms with E-state index in [2.05, 4.69) is 15.9 Å². The Bertz CT molecular complexity index is 567. The van der Waals surface area contributed by atoms with Crippen molar-refractivity contribution >= 4 is 31.7 Å². The van der Waals surface area contributed by atoms with E-state index in [9.17, 15) is 13.2 Å². The largest absolute Gasteiger partial charge is 0.378 e. The van der Waals surface area contributed by atoms with Crippen molar-refractivity contribution in [1.82, 2.24) is 4.90 Å². The maximum Gasteiger partial charge on any atom is 0.238 e. The number of halogens is 1. The average Bonchev–Trinajstić information content (AvgIpc) is 2.39. The topological polar surface area (TPSA) is 63.7 Å². The van der Waals surface area contributed by atoms with Gasteiger partial charge in [0.05, 0.1) is 18.1 Å². The molecule has 104 valence electrons. The number of carbonyl (C=O) groups is 1. The number of sulfone groups is 1. The third kappa shape index (κ3) is 3.55. The van der Waals surface area contributed by atoms with E-state index >= 15 is 0 Å². The van der Waals surface area contributed by atoms with E-state index in [4.69, 9.17) is 4.74 Å². The van der Waals surface area contributed by atoms with E-state index in [1.54, 1.807) is 18.2 Å². The molecule has 0 spiro atoms. The molecule has 0 aliphatic carbocycles. The second-order valence-electron chi connectivity index (χ2n) is 4.18. The van der Waals surface area contributed by atoms with Gasteiger partial charge in [0.1, 0.15) is 5.75 Å². The Morgan fingerprint density at radius 3 is 2.53 bits per heavy atom. The van der Waals surface area contributed by atoms with Gasteiger partial charge in [-0.3, -0.25) is 4.79 Å². The van der Waals surface area contributed by atoms with Crippen LogP contribution in [0.25, 0.3) is 0 Å². The molecule has 2 rings (SSSR count). The number of nitrogens with zero attached hydrogens (tertiary/aromatic N) is 1. The second kappa shape index (κ2) is 6.02. The normalized spacial score (nSPS) is 16.4. The summed E-state index contributed by atoms with van der Waals surface area (Å²) in [5, 5.41) is 0. The molecule has 0 saturated carbocycles. The summed E-state index contributed by atoms with van der Waals surface area (Å²) in [6, 6.07) is 6.50. The van der Waals surface area contributed by atoms with E-state index in [1.165, 1.54) is 11.0 Å². The Morgan fingerprint density at radius 2 is 1.89 bits per heavy atom. The minimum absolute atomic E-state index is 0.150. The second-order valence-corrected chi connectivity index (χ2v) is 7.00. The summed E-state index contributed by atoms with van der Waals surface area (Å²) in [5.74, 6) is -0.880. The molecule has 1 aliphatic rings. The standard InChI is InChI=1S/C12H14BrNO4S/c13-10-3-1-2-4-11(10)19(16,17)9-12(15)14-5-7-18-8-6-14/h1-4H,5-9H2. The van der Waals surface area contributed by atoms with Gasteiger partial charge < -0.3 is 9.64 Å². The molecule has 5 nitrogen and oxygen atoms in total. The molecule has 1 fully saturated rings. The number of benzene rings is 1.